The van der Waals surface area contributed by atoms with Crippen LogP contribution >= 0.6 is 34.5 Å². The van der Waals surface area contributed by atoms with E-state index in [0.29, 0.717) is 53.7 Å². The highest BCUT2D eigenvalue weighted by atomic mass is 35.5. The summed E-state index contributed by atoms with van der Waals surface area (Å²) in [6.07, 6.45) is 1.72. The van der Waals surface area contributed by atoms with Crippen molar-refractivity contribution in [3.05, 3.63) is 60.8 Å². The molecule has 4 aromatic rings. The molecule has 0 aliphatic rings. The second kappa shape index (κ2) is 8.14. The zero-order valence-electron chi connectivity index (χ0n) is 16.1. The molecule has 0 atom stereocenters. The first-order valence-electron chi connectivity index (χ1n) is 8.62. The molecule has 0 spiro atoms. The SMILES string of the molecule is COc1cc(C=c2sc3nc(-c4ccc(Cl)cc4Cl)nn3c2=O)cc(OC)c1OC. The van der Waals surface area contributed by atoms with Gasteiger partial charge in [-0.05, 0) is 42.0 Å². The van der Waals surface area contributed by atoms with Gasteiger partial charge in [0.2, 0.25) is 10.7 Å². The molecule has 2 aromatic carbocycles. The van der Waals surface area contributed by atoms with Gasteiger partial charge in [0.25, 0.3) is 5.56 Å². The maximum absolute atomic E-state index is 12.8. The maximum Gasteiger partial charge on any atom is 0.291 e. The minimum absolute atomic E-state index is 0.285. The number of rotatable bonds is 5. The highest BCUT2D eigenvalue weighted by molar-refractivity contribution is 7.15. The number of thiazole rings is 1. The standard InChI is InChI=1S/C20H15Cl2N3O4S/c1-27-14-6-10(7-15(28-2)17(14)29-3)8-16-19(26)25-20(30-16)23-18(24-25)12-5-4-11(21)9-13(12)22/h4-9H,1-3H3. The van der Waals surface area contributed by atoms with Crippen LogP contribution in [0.15, 0.2) is 35.1 Å². The second-order valence-electron chi connectivity index (χ2n) is 6.13. The number of aromatic nitrogens is 3. The van der Waals surface area contributed by atoms with E-state index < -0.39 is 0 Å². The van der Waals surface area contributed by atoms with Gasteiger partial charge >= 0.3 is 0 Å². The topological polar surface area (TPSA) is 75.0 Å². The van der Waals surface area contributed by atoms with Gasteiger partial charge in [0.1, 0.15) is 0 Å². The van der Waals surface area contributed by atoms with E-state index in [4.69, 9.17) is 37.4 Å². The first kappa shape index (κ1) is 20.5. The lowest BCUT2D eigenvalue weighted by molar-refractivity contribution is 0.324. The summed E-state index contributed by atoms with van der Waals surface area (Å²) in [6.45, 7) is 0. The van der Waals surface area contributed by atoms with Crippen LogP contribution in [0.4, 0.5) is 0 Å². The maximum atomic E-state index is 12.8. The minimum atomic E-state index is -0.285. The van der Waals surface area contributed by atoms with Crippen LogP contribution in [-0.4, -0.2) is 35.9 Å². The van der Waals surface area contributed by atoms with Crippen molar-refractivity contribution >= 4 is 45.6 Å². The van der Waals surface area contributed by atoms with E-state index in [9.17, 15) is 4.79 Å². The molecular formula is C20H15Cl2N3O4S. The monoisotopic (exact) mass is 463 g/mol. The molecule has 0 fully saturated rings. The van der Waals surface area contributed by atoms with Crippen molar-refractivity contribution in [1.29, 1.82) is 0 Å². The van der Waals surface area contributed by atoms with Crippen LogP contribution in [0.25, 0.3) is 22.4 Å². The third-order valence-electron chi connectivity index (χ3n) is 4.34. The number of halogens is 2. The van der Waals surface area contributed by atoms with Gasteiger partial charge < -0.3 is 14.2 Å². The van der Waals surface area contributed by atoms with Crippen molar-refractivity contribution in [2.45, 2.75) is 0 Å². The van der Waals surface area contributed by atoms with E-state index in [-0.39, 0.29) is 5.56 Å². The van der Waals surface area contributed by atoms with Gasteiger partial charge in [0.05, 0.1) is 30.9 Å². The Kier molecular flexibility index (Phi) is 5.55. The molecule has 0 saturated carbocycles. The Morgan fingerprint density at radius 2 is 1.73 bits per heavy atom. The summed E-state index contributed by atoms with van der Waals surface area (Å²) in [5, 5.41) is 5.24. The van der Waals surface area contributed by atoms with E-state index in [1.807, 2.05) is 0 Å². The predicted octanol–water partition coefficient (Wildman–Crippen LogP) is 3.70. The zero-order chi connectivity index (χ0) is 21.4. The minimum Gasteiger partial charge on any atom is -0.493 e. The van der Waals surface area contributed by atoms with Gasteiger partial charge in [-0.25, -0.2) is 0 Å². The summed E-state index contributed by atoms with van der Waals surface area (Å²) in [4.78, 5) is 17.7. The molecule has 2 aromatic heterocycles. The Labute approximate surface area is 185 Å². The Morgan fingerprint density at radius 3 is 2.30 bits per heavy atom. The van der Waals surface area contributed by atoms with E-state index in [2.05, 4.69) is 10.1 Å². The second-order valence-corrected chi connectivity index (χ2v) is 7.98. The van der Waals surface area contributed by atoms with Gasteiger partial charge in [0.15, 0.2) is 17.3 Å². The predicted molar refractivity (Wildman–Crippen MR) is 117 cm³/mol. The molecule has 0 aliphatic carbocycles. The van der Waals surface area contributed by atoms with E-state index in [0.717, 1.165) is 0 Å². The fourth-order valence-corrected chi connectivity index (χ4v) is 4.36. The lowest BCUT2D eigenvalue weighted by Crippen LogP contribution is -2.23. The normalized spacial score (nSPS) is 11.8. The number of hydrogen-bond acceptors (Lipinski definition) is 7. The zero-order valence-corrected chi connectivity index (χ0v) is 18.4. The van der Waals surface area contributed by atoms with Crippen molar-refractivity contribution < 1.29 is 14.2 Å². The molecule has 154 valence electrons. The summed E-state index contributed by atoms with van der Waals surface area (Å²) < 4.78 is 17.8. The van der Waals surface area contributed by atoms with Crippen molar-refractivity contribution in [3.63, 3.8) is 0 Å². The number of ether oxygens (including phenoxy) is 3. The molecule has 0 unspecified atom stereocenters. The number of nitrogens with zero attached hydrogens (tertiary/aromatic N) is 3. The van der Waals surface area contributed by atoms with Crippen molar-refractivity contribution in [1.82, 2.24) is 14.6 Å². The van der Waals surface area contributed by atoms with E-state index >= 15 is 0 Å². The third-order valence-corrected chi connectivity index (χ3v) is 5.85. The number of methoxy groups -OCH3 is 3. The lowest BCUT2D eigenvalue weighted by Gasteiger charge is -2.12. The first-order valence-corrected chi connectivity index (χ1v) is 10.2. The molecular weight excluding hydrogens is 449 g/mol. The molecule has 0 N–H and O–H groups in total. The van der Waals surface area contributed by atoms with Crippen molar-refractivity contribution in [2.24, 2.45) is 0 Å². The highest BCUT2D eigenvalue weighted by Gasteiger charge is 2.16. The lowest BCUT2D eigenvalue weighted by atomic mass is 10.1. The van der Waals surface area contributed by atoms with Crippen molar-refractivity contribution in [3.8, 4) is 28.6 Å². The largest absolute Gasteiger partial charge is 0.493 e. The Bertz CT molecular complexity index is 1340. The summed E-state index contributed by atoms with van der Waals surface area (Å²) in [7, 11) is 4.60. The third kappa shape index (κ3) is 3.58. The number of benzene rings is 2. The molecule has 2 heterocycles. The average molecular weight is 464 g/mol. The molecule has 0 radical (unpaired) electrons. The van der Waals surface area contributed by atoms with Crippen LogP contribution in [0.2, 0.25) is 10.0 Å². The van der Waals surface area contributed by atoms with Gasteiger partial charge in [-0.2, -0.15) is 9.50 Å². The summed E-state index contributed by atoms with van der Waals surface area (Å²) in [5.41, 5.74) is 1.03. The van der Waals surface area contributed by atoms with Crippen LogP contribution in [0.3, 0.4) is 0 Å². The van der Waals surface area contributed by atoms with Gasteiger partial charge in [0, 0.05) is 10.6 Å². The average Bonchev–Trinajstić information content (AvgIpc) is 3.26. The molecule has 0 saturated heterocycles. The van der Waals surface area contributed by atoms with E-state index in [1.54, 1.807) is 36.4 Å². The molecule has 0 aliphatic heterocycles. The van der Waals surface area contributed by atoms with Crippen molar-refractivity contribution in [2.75, 3.05) is 21.3 Å². The summed E-state index contributed by atoms with van der Waals surface area (Å²) >= 11 is 13.4. The molecule has 30 heavy (non-hydrogen) atoms. The van der Waals surface area contributed by atoms with Crippen LogP contribution in [0, 0.1) is 0 Å². The molecule has 10 heteroatoms. The van der Waals surface area contributed by atoms with Crippen LogP contribution in [0.1, 0.15) is 5.56 Å². The summed E-state index contributed by atoms with van der Waals surface area (Å²) in [6, 6.07) is 8.54. The van der Waals surface area contributed by atoms with E-state index in [1.165, 1.54) is 37.2 Å². The highest BCUT2D eigenvalue weighted by Crippen LogP contribution is 2.38. The van der Waals surface area contributed by atoms with Crippen LogP contribution in [-0.2, 0) is 0 Å². The Hall–Kier alpha value is -2.81. The quantitative estimate of drug-likeness (QED) is 0.449. The molecule has 0 bridgehead atoms. The molecule has 4 rings (SSSR count). The van der Waals surface area contributed by atoms with Gasteiger partial charge in [-0.15, -0.1) is 5.10 Å². The molecule has 0 amide bonds. The molecule has 7 nitrogen and oxygen atoms in total. The first-order chi connectivity index (χ1) is 14.4. The van der Waals surface area contributed by atoms with Crippen LogP contribution in [0.5, 0.6) is 17.2 Å². The van der Waals surface area contributed by atoms with Gasteiger partial charge in [-0.3, -0.25) is 4.79 Å². The number of fused-ring (bicyclic) bond motifs is 1. The fraction of sp³-hybridized carbons (Fsp3) is 0.150. The Morgan fingerprint density at radius 1 is 1.03 bits per heavy atom. The van der Waals surface area contributed by atoms with Crippen LogP contribution < -0.4 is 24.3 Å². The fourth-order valence-electron chi connectivity index (χ4n) is 2.95. The smallest absolute Gasteiger partial charge is 0.291 e. The van der Waals surface area contributed by atoms with Gasteiger partial charge in [-0.1, -0.05) is 34.5 Å². The Balaban J connectivity index is 1.81. The summed E-state index contributed by atoms with van der Waals surface area (Å²) in [5.74, 6) is 1.83. The number of hydrogen-bond donors (Lipinski definition) is 0.